The molecule has 0 aliphatic carbocycles. The van der Waals surface area contributed by atoms with Crippen molar-refractivity contribution in [2.24, 2.45) is 0 Å². The van der Waals surface area contributed by atoms with Crippen LogP contribution in [-0.4, -0.2) is 36.7 Å². The van der Waals surface area contributed by atoms with Crippen LogP contribution in [0.3, 0.4) is 0 Å². The summed E-state index contributed by atoms with van der Waals surface area (Å²) in [6.07, 6.45) is -2.11. The molecule has 1 fully saturated rings. The SMILES string of the molecule is CC(C)(C)OC(=O)NC1(CC(F)F)CCCNC1. The normalized spacial score (nSPS) is 25.0. The molecule has 0 aromatic heterocycles. The van der Waals surface area contributed by atoms with Gasteiger partial charge < -0.3 is 15.4 Å². The van der Waals surface area contributed by atoms with Gasteiger partial charge in [0.25, 0.3) is 0 Å². The third-order valence-electron chi connectivity index (χ3n) is 2.78. The lowest BCUT2D eigenvalue weighted by molar-refractivity contribution is 0.0328. The van der Waals surface area contributed by atoms with Crippen LogP contribution in [0.2, 0.25) is 0 Å². The number of hydrogen-bond acceptors (Lipinski definition) is 3. The monoisotopic (exact) mass is 264 g/mol. The van der Waals surface area contributed by atoms with E-state index in [1.165, 1.54) is 0 Å². The molecule has 0 aromatic carbocycles. The van der Waals surface area contributed by atoms with Crippen LogP contribution < -0.4 is 10.6 Å². The lowest BCUT2D eigenvalue weighted by Gasteiger charge is -2.38. The maximum atomic E-state index is 12.6. The minimum atomic E-state index is -2.44. The fourth-order valence-corrected chi connectivity index (χ4v) is 2.12. The number of rotatable bonds is 3. The van der Waals surface area contributed by atoms with Crippen LogP contribution in [0.5, 0.6) is 0 Å². The maximum Gasteiger partial charge on any atom is 0.408 e. The van der Waals surface area contributed by atoms with Gasteiger partial charge in [0.15, 0.2) is 0 Å². The zero-order valence-corrected chi connectivity index (χ0v) is 11.2. The molecule has 18 heavy (non-hydrogen) atoms. The van der Waals surface area contributed by atoms with Crippen LogP contribution >= 0.6 is 0 Å². The second kappa shape index (κ2) is 5.82. The Morgan fingerprint density at radius 3 is 2.61 bits per heavy atom. The molecule has 1 rings (SSSR count). The van der Waals surface area contributed by atoms with Gasteiger partial charge in [0, 0.05) is 13.0 Å². The van der Waals surface area contributed by atoms with Gasteiger partial charge in [-0.15, -0.1) is 0 Å². The summed E-state index contributed by atoms with van der Waals surface area (Å²) >= 11 is 0. The van der Waals surface area contributed by atoms with Crippen molar-refractivity contribution in [3.05, 3.63) is 0 Å². The van der Waals surface area contributed by atoms with E-state index in [9.17, 15) is 13.6 Å². The first kappa shape index (κ1) is 15.1. The number of carbonyl (C=O) groups excluding carboxylic acids is 1. The van der Waals surface area contributed by atoms with Crippen LogP contribution in [0.4, 0.5) is 13.6 Å². The molecular formula is C12H22F2N2O2. The predicted molar refractivity (Wildman–Crippen MR) is 64.8 cm³/mol. The standard InChI is InChI=1S/C12H22F2N2O2/c1-11(2,3)18-10(17)16-12(7-9(13)14)5-4-6-15-8-12/h9,15H,4-8H2,1-3H3,(H,16,17). The number of carbonyl (C=O) groups is 1. The highest BCUT2D eigenvalue weighted by Gasteiger charge is 2.37. The Morgan fingerprint density at radius 1 is 1.50 bits per heavy atom. The molecule has 1 heterocycles. The van der Waals surface area contributed by atoms with Crippen molar-refractivity contribution in [2.75, 3.05) is 13.1 Å². The van der Waals surface area contributed by atoms with Crippen LogP contribution in [0, 0.1) is 0 Å². The Kier molecular flexibility index (Phi) is 4.90. The largest absolute Gasteiger partial charge is 0.444 e. The van der Waals surface area contributed by atoms with Crippen molar-refractivity contribution in [1.29, 1.82) is 0 Å². The number of alkyl halides is 2. The maximum absolute atomic E-state index is 12.6. The Balaban J connectivity index is 2.63. The van der Waals surface area contributed by atoms with Gasteiger partial charge in [-0.1, -0.05) is 0 Å². The lowest BCUT2D eigenvalue weighted by atomic mass is 9.87. The average molecular weight is 264 g/mol. The Morgan fingerprint density at radius 2 is 2.17 bits per heavy atom. The van der Waals surface area contributed by atoms with E-state index in [1.807, 2.05) is 0 Å². The number of piperidine rings is 1. The van der Waals surface area contributed by atoms with Crippen molar-refractivity contribution < 1.29 is 18.3 Å². The van der Waals surface area contributed by atoms with Crippen molar-refractivity contribution in [1.82, 2.24) is 10.6 Å². The molecule has 106 valence electrons. The number of hydrogen-bond donors (Lipinski definition) is 2. The van der Waals surface area contributed by atoms with Gasteiger partial charge in [-0.05, 0) is 40.2 Å². The van der Waals surface area contributed by atoms with Crippen LogP contribution in [0.1, 0.15) is 40.0 Å². The van der Waals surface area contributed by atoms with Gasteiger partial charge in [0.2, 0.25) is 6.43 Å². The van der Waals surface area contributed by atoms with E-state index in [0.29, 0.717) is 13.0 Å². The first-order valence-corrected chi connectivity index (χ1v) is 6.22. The Labute approximate surface area is 106 Å². The molecule has 0 spiro atoms. The number of nitrogens with one attached hydrogen (secondary N) is 2. The summed E-state index contributed by atoms with van der Waals surface area (Å²) in [4.78, 5) is 11.7. The Hall–Kier alpha value is -0.910. The topological polar surface area (TPSA) is 50.4 Å². The van der Waals surface area contributed by atoms with Crippen molar-refractivity contribution in [3.8, 4) is 0 Å². The van der Waals surface area contributed by atoms with E-state index in [0.717, 1.165) is 13.0 Å². The van der Waals surface area contributed by atoms with E-state index in [-0.39, 0.29) is 6.42 Å². The molecule has 0 saturated carbocycles. The van der Waals surface area contributed by atoms with Gasteiger partial charge >= 0.3 is 6.09 Å². The van der Waals surface area contributed by atoms with E-state index < -0.39 is 23.7 Å². The van der Waals surface area contributed by atoms with Gasteiger partial charge in [-0.2, -0.15) is 0 Å². The number of halogens is 2. The third-order valence-corrected chi connectivity index (χ3v) is 2.78. The van der Waals surface area contributed by atoms with Gasteiger partial charge in [-0.25, -0.2) is 13.6 Å². The average Bonchev–Trinajstić information content (AvgIpc) is 2.13. The Bertz CT molecular complexity index is 284. The highest BCUT2D eigenvalue weighted by atomic mass is 19.3. The summed E-state index contributed by atoms with van der Waals surface area (Å²) in [5.74, 6) is 0. The van der Waals surface area contributed by atoms with Gasteiger partial charge in [0.1, 0.15) is 5.60 Å². The molecule has 1 unspecified atom stereocenters. The number of alkyl carbamates (subject to hydrolysis) is 1. The molecule has 4 nitrogen and oxygen atoms in total. The molecule has 1 saturated heterocycles. The van der Waals surface area contributed by atoms with Crippen LogP contribution in [0.15, 0.2) is 0 Å². The van der Waals surface area contributed by atoms with Crippen LogP contribution in [-0.2, 0) is 4.74 Å². The van der Waals surface area contributed by atoms with Crippen molar-refractivity contribution in [2.45, 2.75) is 57.6 Å². The molecule has 1 amide bonds. The number of amides is 1. The highest BCUT2D eigenvalue weighted by molar-refractivity contribution is 5.68. The molecule has 0 aromatic rings. The summed E-state index contributed by atoms with van der Waals surface area (Å²) in [5.41, 5.74) is -1.52. The molecule has 1 atom stereocenters. The molecule has 6 heteroatoms. The van der Waals surface area contributed by atoms with Crippen molar-refractivity contribution >= 4 is 6.09 Å². The molecular weight excluding hydrogens is 242 g/mol. The first-order chi connectivity index (χ1) is 8.22. The molecule has 0 bridgehead atoms. The van der Waals surface area contributed by atoms with E-state index in [4.69, 9.17) is 4.74 Å². The molecule has 1 aliphatic heterocycles. The van der Waals surface area contributed by atoms with Gasteiger partial charge in [0.05, 0.1) is 5.54 Å². The molecule has 1 aliphatic rings. The molecule has 0 radical (unpaired) electrons. The summed E-state index contributed by atoms with van der Waals surface area (Å²) in [5, 5.41) is 5.66. The third kappa shape index (κ3) is 5.16. The van der Waals surface area contributed by atoms with Crippen molar-refractivity contribution in [3.63, 3.8) is 0 Å². The summed E-state index contributed by atoms with van der Waals surface area (Å²) in [7, 11) is 0. The highest BCUT2D eigenvalue weighted by Crippen LogP contribution is 2.24. The first-order valence-electron chi connectivity index (χ1n) is 6.22. The second-order valence-corrected chi connectivity index (χ2v) is 5.78. The fraction of sp³-hybridized carbons (Fsp3) is 0.917. The molecule has 2 N–H and O–H groups in total. The van der Waals surface area contributed by atoms with Gasteiger partial charge in [-0.3, -0.25) is 0 Å². The fourth-order valence-electron chi connectivity index (χ4n) is 2.12. The smallest absolute Gasteiger partial charge is 0.408 e. The quantitative estimate of drug-likeness (QED) is 0.822. The zero-order chi connectivity index (χ0) is 13.8. The zero-order valence-electron chi connectivity index (χ0n) is 11.2. The number of ether oxygens (including phenoxy) is 1. The second-order valence-electron chi connectivity index (χ2n) is 5.78. The predicted octanol–water partition coefficient (Wildman–Crippen LogP) is 2.29. The summed E-state index contributed by atoms with van der Waals surface area (Å²) < 4.78 is 30.4. The van der Waals surface area contributed by atoms with E-state index in [2.05, 4.69) is 10.6 Å². The van der Waals surface area contributed by atoms with Crippen LogP contribution in [0.25, 0.3) is 0 Å². The van der Waals surface area contributed by atoms with E-state index >= 15 is 0 Å². The summed E-state index contributed by atoms with van der Waals surface area (Å²) in [6.45, 7) is 6.38. The van der Waals surface area contributed by atoms with E-state index in [1.54, 1.807) is 20.8 Å². The lowest BCUT2D eigenvalue weighted by Crippen LogP contribution is -2.59. The minimum Gasteiger partial charge on any atom is -0.444 e. The minimum absolute atomic E-state index is 0.348. The summed E-state index contributed by atoms with van der Waals surface area (Å²) in [6, 6.07) is 0.